The van der Waals surface area contributed by atoms with Gasteiger partial charge in [-0.3, -0.25) is 4.79 Å². The SMILES string of the molecule is COC[C@H]1CCCN(C(=O)[C@@H](NC(=O)OC(C)(C)C)C2CCC2)C1. The molecule has 1 saturated carbocycles. The largest absolute Gasteiger partial charge is 0.444 e. The van der Waals surface area contributed by atoms with Crippen molar-refractivity contribution in [2.45, 2.75) is 64.5 Å². The molecule has 0 aromatic rings. The maximum absolute atomic E-state index is 13.0. The van der Waals surface area contributed by atoms with Crippen LogP contribution >= 0.6 is 0 Å². The van der Waals surface area contributed by atoms with Gasteiger partial charge in [0.05, 0.1) is 6.61 Å². The van der Waals surface area contributed by atoms with Crippen molar-refractivity contribution in [2.24, 2.45) is 11.8 Å². The summed E-state index contributed by atoms with van der Waals surface area (Å²) >= 11 is 0. The molecule has 0 spiro atoms. The van der Waals surface area contributed by atoms with Crippen molar-refractivity contribution in [3.63, 3.8) is 0 Å². The van der Waals surface area contributed by atoms with Gasteiger partial charge < -0.3 is 19.7 Å². The third-order valence-corrected chi connectivity index (χ3v) is 4.79. The maximum atomic E-state index is 13.0. The quantitative estimate of drug-likeness (QED) is 0.835. The van der Waals surface area contributed by atoms with Gasteiger partial charge in [-0.25, -0.2) is 4.79 Å². The monoisotopic (exact) mass is 340 g/mol. The minimum absolute atomic E-state index is 0.0337. The van der Waals surface area contributed by atoms with E-state index in [-0.39, 0.29) is 11.8 Å². The summed E-state index contributed by atoms with van der Waals surface area (Å²) in [7, 11) is 1.70. The number of carbonyl (C=O) groups excluding carboxylic acids is 2. The molecule has 2 amide bonds. The van der Waals surface area contributed by atoms with Crippen LogP contribution in [0.25, 0.3) is 0 Å². The second kappa shape index (κ2) is 8.19. The number of amides is 2. The lowest BCUT2D eigenvalue weighted by molar-refractivity contribution is -0.138. The van der Waals surface area contributed by atoms with Crippen molar-refractivity contribution in [1.82, 2.24) is 10.2 Å². The van der Waals surface area contributed by atoms with Crippen molar-refractivity contribution < 1.29 is 19.1 Å². The average Bonchev–Trinajstić information content (AvgIpc) is 2.42. The molecular weight excluding hydrogens is 308 g/mol. The Bertz CT molecular complexity index is 441. The molecule has 2 rings (SSSR count). The van der Waals surface area contributed by atoms with E-state index < -0.39 is 17.7 Å². The zero-order chi connectivity index (χ0) is 17.7. The summed E-state index contributed by atoms with van der Waals surface area (Å²) in [6.45, 7) is 7.63. The van der Waals surface area contributed by atoms with Gasteiger partial charge >= 0.3 is 6.09 Å². The standard InChI is InChI=1S/C18H32N2O4/c1-18(2,3)24-17(22)19-15(14-8-5-9-14)16(21)20-10-6-7-13(11-20)12-23-4/h13-15H,5-12H2,1-4H3,(H,19,22)/t13-,15-/m0/s1. The van der Waals surface area contributed by atoms with Crippen LogP contribution < -0.4 is 5.32 Å². The van der Waals surface area contributed by atoms with Crippen molar-refractivity contribution in [3.8, 4) is 0 Å². The Labute approximate surface area is 145 Å². The van der Waals surface area contributed by atoms with Gasteiger partial charge in [0.25, 0.3) is 0 Å². The Balaban J connectivity index is 1.98. The number of piperidine rings is 1. The number of nitrogens with one attached hydrogen (secondary N) is 1. The second-order valence-corrected chi connectivity index (χ2v) is 8.06. The Morgan fingerprint density at radius 1 is 1.21 bits per heavy atom. The minimum atomic E-state index is -0.564. The van der Waals surface area contributed by atoms with Crippen LogP contribution in [0.3, 0.4) is 0 Å². The zero-order valence-corrected chi connectivity index (χ0v) is 15.5. The number of hydrogen-bond acceptors (Lipinski definition) is 4. The van der Waals surface area contributed by atoms with Gasteiger partial charge in [-0.05, 0) is 58.3 Å². The van der Waals surface area contributed by atoms with Gasteiger partial charge in [0.2, 0.25) is 5.91 Å². The summed E-state index contributed by atoms with van der Waals surface area (Å²) in [4.78, 5) is 27.0. The van der Waals surface area contributed by atoms with Crippen molar-refractivity contribution in [2.75, 3.05) is 26.8 Å². The van der Waals surface area contributed by atoms with Gasteiger partial charge in [0.1, 0.15) is 11.6 Å². The van der Waals surface area contributed by atoms with Crippen LogP contribution in [0.2, 0.25) is 0 Å². The molecule has 2 fully saturated rings. The van der Waals surface area contributed by atoms with Gasteiger partial charge in [-0.15, -0.1) is 0 Å². The van der Waals surface area contributed by atoms with E-state index >= 15 is 0 Å². The predicted molar refractivity (Wildman–Crippen MR) is 91.7 cm³/mol. The Morgan fingerprint density at radius 2 is 1.92 bits per heavy atom. The van der Waals surface area contributed by atoms with Crippen LogP contribution in [0.1, 0.15) is 52.9 Å². The van der Waals surface area contributed by atoms with E-state index in [0.29, 0.717) is 19.1 Å². The molecule has 0 unspecified atom stereocenters. The van der Waals surface area contributed by atoms with Crippen LogP contribution in [-0.4, -0.2) is 55.3 Å². The molecule has 0 bridgehead atoms. The van der Waals surface area contributed by atoms with E-state index in [2.05, 4.69) is 5.32 Å². The van der Waals surface area contributed by atoms with E-state index in [9.17, 15) is 9.59 Å². The molecule has 2 atom stereocenters. The summed E-state index contributed by atoms with van der Waals surface area (Å²) in [6, 6.07) is -0.463. The van der Waals surface area contributed by atoms with Crippen LogP contribution in [0.5, 0.6) is 0 Å². The lowest BCUT2D eigenvalue weighted by Crippen LogP contribution is -2.56. The van der Waals surface area contributed by atoms with E-state index in [0.717, 1.165) is 38.6 Å². The lowest BCUT2D eigenvalue weighted by atomic mass is 9.79. The molecule has 1 aliphatic carbocycles. The summed E-state index contributed by atoms with van der Waals surface area (Å²) < 4.78 is 10.6. The first-order chi connectivity index (χ1) is 11.3. The second-order valence-electron chi connectivity index (χ2n) is 8.06. The smallest absolute Gasteiger partial charge is 0.408 e. The van der Waals surface area contributed by atoms with Gasteiger partial charge in [-0.2, -0.15) is 0 Å². The molecule has 0 aromatic carbocycles. The third-order valence-electron chi connectivity index (χ3n) is 4.79. The topological polar surface area (TPSA) is 67.9 Å². The highest BCUT2D eigenvalue weighted by molar-refractivity contribution is 5.86. The number of hydrogen-bond donors (Lipinski definition) is 1. The zero-order valence-electron chi connectivity index (χ0n) is 15.5. The summed E-state index contributed by atoms with van der Waals surface area (Å²) in [5.74, 6) is 0.649. The molecule has 2 aliphatic rings. The number of likely N-dealkylation sites (tertiary alicyclic amines) is 1. The van der Waals surface area contributed by atoms with Crippen molar-refractivity contribution >= 4 is 12.0 Å². The molecule has 24 heavy (non-hydrogen) atoms. The van der Waals surface area contributed by atoms with Crippen LogP contribution in [0.15, 0.2) is 0 Å². The molecule has 1 aliphatic heterocycles. The van der Waals surface area contributed by atoms with E-state index in [1.165, 1.54) is 0 Å². The molecule has 0 radical (unpaired) electrons. The van der Waals surface area contributed by atoms with Crippen molar-refractivity contribution in [3.05, 3.63) is 0 Å². The molecule has 1 N–H and O–H groups in total. The third kappa shape index (κ3) is 5.36. The highest BCUT2D eigenvalue weighted by Crippen LogP contribution is 2.31. The first-order valence-electron chi connectivity index (χ1n) is 9.07. The fourth-order valence-electron chi connectivity index (χ4n) is 3.42. The molecule has 1 heterocycles. The number of rotatable bonds is 5. The summed E-state index contributed by atoms with van der Waals surface area (Å²) in [6.07, 6.45) is 4.67. The van der Waals surface area contributed by atoms with Crippen LogP contribution in [-0.2, 0) is 14.3 Å². The highest BCUT2D eigenvalue weighted by Gasteiger charge is 2.38. The number of alkyl carbamates (subject to hydrolysis) is 1. The molecule has 6 nitrogen and oxygen atoms in total. The first kappa shape index (κ1) is 19.0. The number of methoxy groups -OCH3 is 1. The predicted octanol–water partition coefficient (Wildman–Crippen LogP) is 2.56. The summed E-state index contributed by atoms with van der Waals surface area (Å²) in [5, 5.41) is 2.84. The average molecular weight is 340 g/mol. The van der Waals surface area contributed by atoms with E-state index in [4.69, 9.17) is 9.47 Å². The van der Waals surface area contributed by atoms with Crippen LogP contribution in [0, 0.1) is 11.8 Å². The molecule has 0 aromatic heterocycles. The Kier molecular flexibility index (Phi) is 6.49. The Morgan fingerprint density at radius 3 is 2.46 bits per heavy atom. The van der Waals surface area contributed by atoms with Gasteiger partial charge in [0, 0.05) is 20.2 Å². The van der Waals surface area contributed by atoms with Gasteiger partial charge in [-0.1, -0.05) is 6.42 Å². The summed E-state index contributed by atoms with van der Waals surface area (Å²) in [5.41, 5.74) is -0.564. The number of ether oxygens (including phenoxy) is 2. The molecule has 138 valence electrons. The fraction of sp³-hybridized carbons (Fsp3) is 0.889. The maximum Gasteiger partial charge on any atom is 0.408 e. The van der Waals surface area contributed by atoms with Crippen LogP contribution in [0.4, 0.5) is 4.79 Å². The molecule has 6 heteroatoms. The van der Waals surface area contributed by atoms with E-state index in [1.54, 1.807) is 7.11 Å². The highest BCUT2D eigenvalue weighted by atomic mass is 16.6. The first-order valence-corrected chi connectivity index (χ1v) is 9.07. The molecular formula is C18H32N2O4. The minimum Gasteiger partial charge on any atom is -0.444 e. The van der Waals surface area contributed by atoms with Crippen molar-refractivity contribution in [1.29, 1.82) is 0 Å². The number of carbonyl (C=O) groups is 2. The Hall–Kier alpha value is -1.30. The van der Waals surface area contributed by atoms with E-state index in [1.807, 2.05) is 25.7 Å². The lowest BCUT2D eigenvalue weighted by Gasteiger charge is -2.39. The van der Waals surface area contributed by atoms with Gasteiger partial charge in [0.15, 0.2) is 0 Å². The molecule has 1 saturated heterocycles. The fourth-order valence-corrected chi connectivity index (χ4v) is 3.42. The number of nitrogens with zero attached hydrogens (tertiary/aromatic N) is 1. The normalized spacial score (nSPS) is 23.3.